The molecule has 7 nitrogen and oxygen atoms in total. The van der Waals surface area contributed by atoms with Gasteiger partial charge in [0.25, 0.3) is 5.91 Å². The third kappa shape index (κ3) is 3.86. The number of fused-ring (bicyclic) bond motifs is 2. The van der Waals surface area contributed by atoms with Crippen molar-refractivity contribution in [3.8, 4) is 0 Å². The standard InChI is InChI=1S/C26H29N3O4/c1-27(16-23(30)31)26(33)28(18-14-15-18)24-19-10-5-6-12-21(19)29(22-13-7-11-20(22)24)25(32)17-8-3-2-4-9-17/h2-6,8-10,12,18,20,22,24H,7,11,13-16H2,1H3,(H,30,31). The Morgan fingerprint density at radius 3 is 2.36 bits per heavy atom. The van der Waals surface area contributed by atoms with E-state index in [2.05, 4.69) is 0 Å². The summed E-state index contributed by atoms with van der Waals surface area (Å²) in [4.78, 5) is 43.6. The Balaban J connectivity index is 1.58. The lowest BCUT2D eigenvalue weighted by molar-refractivity contribution is -0.137. The molecule has 1 N–H and O–H groups in total. The van der Waals surface area contributed by atoms with E-state index < -0.39 is 5.97 Å². The summed E-state index contributed by atoms with van der Waals surface area (Å²) in [5.41, 5.74) is 2.50. The number of hydrogen-bond donors (Lipinski definition) is 1. The number of rotatable bonds is 5. The van der Waals surface area contributed by atoms with Gasteiger partial charge in [0, 0.05) is 36.3 Å². The summed E-state index contributed by atoms with van der Waals surface area (Å²) in [6, 6.07) is 17.0. The Morgan fingerprint density at radius 1 is 0.970 bits per heavy atom. The van der Waals surface area contributed by atoms with Crippen LogP contribution in [-0.2, 0) is 4.79 Å². The van der Waals surface area contributed by atoms with E-state index in [1.807, 2.05) is 64.4 Å². The predicted octanol–water partition coefficient (Wildman–Crippen LogP) is 4.16. The summed E-state index contributed by atoms with van der Waals surface area (Å²) in [5, 5.41) is 9.23. The van der Waals surface area contributed by atoms with Gasteiger partial charge in [-0.3, -0.25) is 9.59 Å². The van der Waals surface area contributed by atoms with Crippen LogP contribution in [0.15, 0.2) is 54.6 Å². The van der Waals surface area contributed by atoms with Gasteiger partial charge in [-0.05, 0) is 49.4 Å². The van der Waals surface area contributed by atoms with Crippen molar-refractivity contribution in [3.05, 3.63) is 65.7 Å². The van der Waals surface area contributed by atoms with Crippen LogP contribution in [0.3, 0.4) is 0 Å². The van der Waals surface area contributed by atoms with Crippen LogP contribution in [0, 0.1) is 5.92 Å². The maximum absolute atomic E-state index is 13.7. The van der Waals surface area contributed by atoms with Crippen LogP contribution in [0.25, 0.3) is 0 Å². The van der Waals surface area contributed by atoms with Crippen LogP contribution >= 0.6 is 0 Å². The second-order valence-corrected chi connectivity index (χ2v) is 9.38. The number of benzene rings is 2. The minimum Gasteiger partial charge on any atom is -0.480 e. The molecule has 1 heterocycles. The Bertz CT molecular complexity index is 1070. The molecule has 0 spiro atoms. The van der Waals surface area contributed by atoms with Gasteiger partial charge in [0.2, 0.25) is 0 Å². The van der Waals surface area contributed by atoms with Crippen molar-refractivity contribution in [3.63, 3.8) is 0 Å². The van der Waals surface area contributed by atoms with Crippen molar-refractivity contribution in [1.29, 1.82) is 0 Å². The average molecular weight is 448 g/mol. The molecule has 2 aliphatic carbocycles. The van der Waals surface area contributed by atoms with Crippen molar-refractivity contribution in [2.24, 2.45) is 5.92 Å². The van der Waals surface area contributed by atoms with E-state index in [-0.39, 0.29) is 42.5 Å². The average Bonchev–Trinajstić information content (AvgIpc) is 3.54. The number of hydrogen-bond acceptors (Lipinski definition) is 3. The number of likely N-dealkylation sites (N-methyl/N-ethyl adjacent to an activating group) is 1. The summed E-state index contributed by atoms with van der Waals surface area (Å²) in [6.45, 7) is -0.330. The molecule has 172 valence electrons. The zero-order chi connectivity index (χ0) is 23.1. The van der Waals surface area contributed by atoms with Crippen LogP contribution in [0.2, 0.25) is 0 Å². The Kier molecular flexibility index (Phi) is 5.56. The van der Waals surface area contributed by atoms with E-state index >= 15 is 0 Å². The van der Waals surface area contributed by atoms with Gasteiger partial charge in [-0.15, -0.1) is 0 Å². The lowest BCUT2D eigenvalue weighted by Crippen LogP contribution is -2.55. The van der Waals surface area contributed by atoms with Gasteiger partial charge in [0.15, 0.2) is 0 Å². The third-order valence-corrected chi connectivity index (χ3v) is 7.18. The number of carbonyl (C=O) groups is 3. The van der Waals surface area contributed by atoms with E-state index in [9.17, 15) is 19.5 Å². The molecule has 0 saturated heterocycles. The smallest absolute Gasteiger partial charge is 0.323 e. The van der Waals surface area contributed by atoms with Gasteiger partial charge in [0.05, 0.1) is 6.04 Å². The minimum atomic E-state index is -1.02. The van der Waals surface area contributed by atoms with Crippen LogP contribution in [0.5, 0.6) is 0 Å². The molecule has 3 aliphatic rings. The number of nitrogens with zero attached hydrogens (tertiary/aromatic N) is 3. The normalized spacial score (nSPS) is 23.4. The number of aliphatic carboxylic acids is 1. The van der Waals surface area contributed by atoms with Gasteiger partial charge in [-0.1, -0.05) is 42.8 Å². The second kappa shape index (κ2) is 8.54. The first kappa shape index (κ1) is 21.5. The van der Waals surface area contributed by atoms with Gasteiger partial charge in [-0.25, -0.2) is 4.79 Å². The molecule has 3 amide bonds. The Labute approximate surface area is 193 Å². The summed E-state index contributed by atoms with van der Waals surface area (Å²) < 4.78 is 0. The minimum absolute atomic E-state index is 0.00862. The molecule has 33 heavy (non-hydrogen) atoms. The number of anilines is 1. The van der Waals surface area contributed by atoms with Crippen LogP contribution in [0.1, 0.15) is 54.1 Å². The zero-order valence-electron chi connectivity index (χ0n) is 18.8. The molecular weight excluding hydrogens is 418 g/mol. The fourth-order valence-corrected chi connectivity index (χ4v) is 5.68. The largest absolute Gasteiger partial charge is 0.480 e. The summed E-state index contributed by atoms with van der Waals surface area (Å²) >= 11 is 0. The molecule has 3 unspecified atom stereocenters. The van der Waals surface area contributed by atoms with Gasteiger partial charge in [0.1, 0.15) is 6.54 Å². The van der Waals surface area contributed by atoms with Gasteiger partial charge < -0.3 is 19.8 Å². The highest BCUT2D eigenvalue weighted by Crippen LogP contribution is 2.52. The zero-order valence-corrected chi connectivity index (χ0v) is 18.8. The van der Waals surface area contributed by atoms with Crippen molar-refractivity contribution in [2.75, 3.05) is 18.5 Å². The number of carboxylic acids is 1. The van der Waals surface area contributed by atoms with E-state index in [4.69, 9.17) is 0 Å². The molecule has 2 aromatic rings. The molecule has 1 aliphatic heterocycles. The van der Waals surface area contributed by atoms with Crippen LogP contribution < -0.4 is 4.90 Å². The quantitative estimate of drug-likeness (QED) is 0.746. The monoisotopic (exact) mass is 447 g/mol. The van der Waals surface area contributed by atoms with Crippen LogP contribution in [0.4, 0.5) is 10.5 Å². The fourth-order valence-electron chi connectivity index (χ4n) is 5.68. The lowest BCUT2D eigenvalue weighted by atomic mass is 9.81. The summed E-state index contributed by atoms with van der Waals surface area (Å²) in [7, 11) is 1.55. The molecule has 2 fully saturated rings. The number of carboxylic acid groups (broad SMARTS) is 1. The summed E-state index contributed by atoms with van der Waals surface area (Å²) in [5.74, 6) is -0.912. The van der Waals surface area contributed by atoms with Crippen molar-refractivity contribution >= 4 is 23.6 Å². The van der Waals surface area contributed by atoms with E-state index in [0.717, 1.165) is 43.4 Å². The molecular formula is C26H29N3O4. The van der Waals surface area contributed by atoms with E-state index in [1.165, 1.54) is 4.90 Å². The lowest BCUT2D eigenvalue weighted by Gasteiger charge is -2.48. The predicted molar refractivity (Wildman–Crippen MR) is 124 cm³/mol. The van der Waals surface area contributed by atoms with E-state index in [1.54, 1.807) is 7.05 Å². The molecule has 0 aromatic heterocycles. The molecule has 2 saturated carbocycles. The second-order valence-electron chi connectivity index (χ2n) is 9.38. The van der Waals surface area contributed by atoms with Gasteiger partial charge >= 0.3 is 12.0 Å². The number of amides is 3. The maximum atomic E-state index is 13.7. The summed E-state index contributed by atoms with van der Waals surface area (Å²) in [6.07, 6.45) is 4.67. The third-order valence-electron chi connectivity index (χ3n) is 7.18. The Hall–Kier alpha value is -3.35. The molecule has 2 aromatic carbocycles. The Morgan fingerprint density at radius 2 is 1.67 bits per heavy atom. The van der Waals surface area contributed by atoms with Crippen molar-refractivity contribution < 1.29 is 19.5 Å². The SMILES string of the molecule is CN(CC(=O)O)C(=O)N(C1CC1)C1c2ccccc2N(C(=O)c2ccccc2)C2CCCC21. The first-order chi connectivity index (χ1) is 16.0. The first-order valence-corrected chi connectivity index (χ1v) is 11.7. The molecule has 3 atom stereocenters. The van der Waals surface area contributed by atoms with Crippen LogP contribution in [-0.4, -0.2) is 58.5 Å². The van der Waals surface area contributed by atoms with Crippen molar-refractivity contribution in [2.45, 2.75) is 50.2 Å². The van der Waals surface area contributed by atoms with Crippen molar-refractivity contribution in [1.82, 2.24) is 9.80 Å². The molecule has 5 rings (SSSR count). The highest BCUT2D eigenvalue weighted by Gasteiger charge is 2.52. The fraction of sp³-hybridized carbons (Fsp3) is 0.423. The highest BCUT2D eigenvalue weighted by atomic mass is 16.4. The van der Waals surface area contributed by atoms with E-state index in [0.29, 0.717) is 5.56 Å². The molecule has 7 heteroatoms. The number of urea groups is 1. The molecule has 0 bridgehead atoms. The number of para-hydroxylation sites is 1. The first-order valence-electron chi connectivity index (χ1n) is 11.7. The topological polar surface area (TPSA) is 81.2 Å². The highest BCUT2D eigenvalue weighted by molar-refractivity contribution is 6.07. The molecule has 0 radical (unpaired) electrons. The maximum Gasteiger partial charge on any atom is 0.323 e. The number of carbonyl (C=O) groups excluding carboxylic acids is 2. The van der Waals surface area contributed by atoms with Gasteiger partial charge in [-0.2, -0.15) is 0 Å².